The molecule has 1 aromatic carbocycles. The lowest BCUT2D eigenvalue weighted by molar-refractivity contribution is 0.0924. The van der Waals surface area contributed by atoms with E-state index >= 15 is 0 Å². The second kappa shape index (κ2) is 7.14. The van der Waals surface area contributed by atoms with Crippen LogP contribution in [0.4, 0.5) is 5.69 Å². The van der Waals surface area contributed by atoms with Crippen molar-refractivity contribution in [3.8, 4) is 0 Å². The molecule has 0 aliphatic heterocycles. The second-order valence-electron chi connectivity index (χ2n) is 5.35. The van der Waals surface area contributed by atoms with Gasteiger partial charge in [-0.25, -0.2) is 0 Å². The molecule has 1 rings (SSSR count). The Labute approximate surface area is 116 Å². The third-order valence-corrected chi connectivity index (χ3v) is 3.22. The SMILES string of the molecule is CC(C)C(CCN)NC(=O)c1cccc(N(C)C)c1. The van der Waals surface area contributed by atoms with Crippen molar-refractivity contribution in [2.24, 2.45) is 11.7 Å². The van der Waals surface area contributed by atoms with E-state index in [1.807, 2.05) is 43.3 Å². The van der Waals surface area contributed by atoms with Gasteiger partial charge in [0.1, 0.15) is 0 Å². The summed E-state index contributed by atoms with van der Waals surface area (Å²) in [6.45, 7) is 4.77. The number of nitrogens with two attached hydrogens (primary N) is 1. The summed E-state index contributed by atoms with van der Waals surface area (Å²) in [5.74, 6) is 0.348. The van der Waals surface area contributed by atoms with Crippen LogP contribution in [0.1, 0.15) is 30.6 Å². The van der Waals surface area contributed by atoms with Crippen LogP contribution in [0.2, 0.25) is 0 Å². The summed E-state index contributed by atoms with van der Waals surface area (Å²) in [5, 5.41) is 3.06. The third kappa shape index (κ3) is 4.56. The average Bonchev–Trinajstić information content (AvgIpc) is 2.38. The highest BCUT2D eigenvalue weighted by Crippen LogP contribution is 2.14. The van der Waals surface area contributed by atoms with Crippen molar-refractivity contribution in [3.63, 3.8) is 0 Å². The van der Waals surface area contributed by atoms with E-state index in [1.54, 1.807) is 0 Å². The Morgan fingerprint density at radius 1 is 1.37 bits per heavy atom. The van der Waals surface area contributed by atoms with Crippen molar-refractivity contribution in [1.82, 2.24) is 5.32 Å². The first-order chi connectivity index (χ1) is 8.95. The number of amides is 1. The van der Waals surface area contributed by atoms with Gasteiger partial charge in [0.25, 0.3) is 5.91 Å². The van der Waals surface area contributed by atoms with Crippen molar-refractivity contribution in [2.75, 3.05) is 25.5 Å². The van der Waals surface area contributed by atoms with E-state index in [0.29, 0.717) is 18.0 Å². The zero-order valence-electron chi connectivity index (χ0n) is 12.3. The standard InChI is InChI=1S/C15H25N3O/c1-11(2)14(8-9-16)17-15(19)12-6-5-7-13(10-12)18(3)4/h5-7,10-11,14H,8-9,16H2,1-4H3,(H,17,19). The molecule has 0 aliphatic carbocycles. The Bertz CT molecular complexity index is 416. The molecule has 1 amide bonds. The van der Waals surface area contributed by atoms with E-state index in [1.165, 1.54) is 0 Å². The number of carbonyl (C=O) groups is 1. The molecule has 4 nitrogen and oxygen atoms in total. The summed E-state index contributed by atoms with van der Waals surface area (Å²) in [5.41, 5.74) is 7.30. The molecule has 0 saturated heterocycles. The molecule has 0 aromatic heterocycles. The van der Waals surface area contributed by atoms with Crippen LogP contribution >= 0.6 is 0 Å². The zero-order valence-corrected chi connectivity index (χ0v) is 12.3. The number of hydrogen-bond donors (Lipinski definition) is 2. The average molecular weight is 263 g/mol. The molecule has 4 heteroatoms. The van der Waals surface area contributed by atoms with E-state index in [0.717, 1.165) is 12.1 Å². The fraction of sp³-hybridized carbons (Fsp3) is 0.533. The van der Waals surface area contributed by atoms with Gasteiger partial charge in [-0.2, -0.15) is 0 Å². The predicted octanol–water partition coefficient (Wildman–Crippen LogP) is 1.86. The van der Waals surface area contributed by atoms with Gasteiger partial charge >= 0.3 is 0 Å². The molecule has 3 N–H and O–H groups in total. The molecule has 106 valence electrons. The monoisotopic (exact) mass is 263 g/mol. The topological polar surface area (TPSA) is 58.4 Å². The minimum Gasteiger partial charge on any atom is -0.378 e. The number of anilines is 1. The molecule has 0 bridgehead atoms. The summed E-state index contributed by atoms with van der Waals surface area (Å²) >= 11 is 0. The minimum atomic E-state index is -0.0316. The molecule has 1 aromatic rings. The van der Waals surface area contributed by atoms with Gasteiger partial charge in [-0.3, -0.25) is 4.79 Å². The van der Waals surface area contributed by atoms with Crippen LogP contribution in [0.25, 0.3) is 0 Å². The molecule has 19 heavy (non-hydrogen) atoms. The Hall–Kier alpha value is -1.55. The summed E-state index contributed by atoms with van der Waals surface area (Å²) in [6, 6.07) is 7.74. The first-order valence-electron chi connectivity index (χ1n) is 6.74. The molecule has 1 unspecified atom stereocenters. The van der Waals surface area contributed by atoms with Gasteiger partial charge in [0.05, 0.1) is 0 Å². The van der Waals surface area contributed by atoms with Crippen LogP contribution in [0.15, 0.2) is 24.3 Å². The van der Waals surface area contributed by atoms with Crippen molar-refractivity contribution < 1.29 is 4.79 Å². The largest absolute Gasteiger partial charge is 0.378 e. The zero-order chi connectivity index (χ0) is 14.4. The highest BCUT2D eigenvalue weighted by molar-refractivity contribution is 5.95. The molecular formula is C15H25N3O. The number of rotatable bonds is 6. The Balaban J connectivity index is 2.79. The van der Waals surface area contributed by atoms with Gasteiger partial charge in [0.15, 0.2) is 0 Å². The quantitative estimate of drug-likeness (QED) is 0.823. The maximum atomic E-state index is 12.2. The van der Waals surface area contributed by atoms with Crippen LogP contribution < -0.4 is 16.0 Å². The maximum Gasteiger partial charge on any atom is 0.251 e. The predicted molar refractivity (Wildman–Crippen MR) is 80.5 cm³/mol. The number of hydrogen-bond acceptors (Lipinski definition) is 3. The normalized spacial score (nSPS) is 12.3. The van der Waals surface area contributed by atoms with Gasteiger partial charge in [0, 0.05) is 31.4 Å². The van der Waals surface area contributed by atoms with Gasteiger partial charge in [-0.1, -0.05) is 19.9 Å². The van der Waals surface area contributed by atoms with Crippen molar-refractivity contribution in [1.29, 1.82) is 0 Å². The first kappa shape index (κ1) is 15.5. The molecule has 0 heterocycles. The molecule has 0 aliphatic rings. The third-order valence-electron chi connectivity index (χ3n) is 3.22. The van der Waals surface area contributed by atoms with Crippen LogP contribution in [0.5, 0.6) is 0 Å². The highest BCUT2D eigenvalue weighted by Gasteiger charge is 2.16. The fourth-order valence-corrected chi connectivity index (χ4v) is 1.93. The number of nitrogens with zero attached hydrogens (tertiary/aromatic N) is 1. The van der Waals surface area contributed by atoms with Crippen molar-refractivity contribution in [3.05, 3.63) is 29.8 Å². The molecule has 1 atom stereocenters. The Kier molecular flexibility index (Phi) is 5.83. The summed E-state index contributed by atoms with van der Waals surface area (Å²) < 4.78 is 0. The molecule has 0 radical (unpaired) electrons. The van der Waals surface area contributed by atoms with E-state index in [2.05, 4.69) is 19.2 Å². The van der Waals surface area contributed by atoms with Crippen LogP contribution in [-0.4, -0.2) is 32.6 Å². The van der Waals surface area contributed by atoms with E-state index in [-0.39, 0.29) is 11.9 Å². The van der Waals surface area contributed by atoms with Gasteiger partial charge < -0.3 is 16.0 Å². The number of carbonyl (C=O) groups excluding carboxylic acids is 1. The van der Waals surface area contributed by atoms with Gasteiger partial charge in [-0.15, -0.1) is 0 Å². The molecule has 0 saturated carbocycles. The number of benzene rings is 1. The maximum absolute atomic E-state index is 12.2. The number of nitrogens with one attached hydrogen (secondary N) is 1. The second-order valence-corrected chi connectivity index (χ2v) is 5.35. The van der Waals surface area contributed by atoms with Gasteiger partial charge in [-0.05, 0) is 37.1 Å². The lowest BCUT2D eigenvalue weighted by Crippen LogP contribution is -2.39. The highest BCUT2D eigenvalue weighted by atomic mass is 16.1. The van der Waals surface area contributed by atoms with E-state index in [9.17, 15) is 4.79 Å². The lowest BCUT2D eigenvalue weighted by Gasteiger charge is -2.22. The van der Waals surface area contributed by atoms with Crippen LogP contribution in [0.3, 0.4) is 0 Å². The van der Waals surface area contributed by atoms with Gasteiger partial charge in [0.2, 0.25) is 0 Å². The summed E-state index contributed by atoms with van der Waals surface area (Å²) in [4.78, 5) is 14.2. The van der Waals surface area contributed by atoms with Crippen LogP contribution in [0, 0.1) is 5.92 Å². The Morgan fingerprint density at radius 3 is 2.58 bits per heavy atom. The minimum absolute atomic E-state index is 0.0316. The Morgan fingerprint density at radius 2 is 2.05 bits per heavy atom. The molecule has 0 spiro atoms. The summed E-state index contributed by atoms with van der Waals surface area (Å²) in [7, 11) is 3.92. The summed E-state index contributed by atoms with van der Waals surface area (Å²) in [6.07, 6.45) is 0.802. The van der Waals surface area contributed by atoms with E-state index < -0.39 is 0 Å². The molecule has 0 fully saturated rings. The lowest BCUT2D eigenvalue weighted by atomic mass is 10.0. The van der Waals surface area contributed by atoms with Crippen LogP contribution in [-0.2, 0) is 0 Å². The first-order valence-corrected chi connectivity index (χ1v) is 6.74. The smallest absolute Gasteiger partial charge is 0.251 e. The fourth-order valence-electron chi connectivity index (χ4n) is 1.93. The van der Waals surface area contributed by atoms with E-state index in [4.69, 9.17) is 5.73 Å². The molecular weight excluding hydrogens is 238 g/mol. The van der Waals surface area contributed by atoms with Crippen molar-refractivity contribution >= 4 is 11.6 Å². The van der Waals surface area contributed by atoms with Crippen molar-refractivity contribution in [2.45, 2.75) is 26.3 Å².